The first-order valence-corrected chi connectivity index (χ1v) is 5.61. The molecule has 96 valence electrons. The zero-order chi connectivity index (χ0) is 13.0. The van der Waals surface area contributed by atoms with E-state index in [1.807, 2.05) is 0 Å². The monoisotopic (exact) mass is 253 g/mol. The van der Waals surface area contributed by atoms with Gasteiger partial charge in [0.05, 0.1) is 0 Å². The van der Waals surface area contributed by atoms with Crippen molar-refractivity contribution in [1.29, 1.82) is 0 Å². The Morgan fingerprint density at radius 3 is 2.67 bits per heavy atom. The highest BCUT2D eigenvalue weighted by Crippen LogP contribution is 2.19. The summed E-state index contributed by atoms with van der Waals surface area (Å²) >= 11 is 0. The molecule has 6 heteroatoms. The van der Waals surface area contributed by atoms with E-state index < -0.39 is 17.7 Å². The number of hydrogen-bond acceptors (Lipinski definition) is 4. The van der Waals surface area contributed by atoms with Crippen LogP contribution in [-0.2, 0) is 6.42 Å². The zero-order valence-corrected chi connectivity index (χ0v) is 9.86. The lowest BCUT2D eigenvalue weighted by Gasteiger charge is -2.15. The van der Waals surface area contributed by atoms with Crippen molar-refractivity contribution in [2.45, 2.75) is 19.4 Å². The molecule has 0 radical (unpaired) electrons. The number of benzene rings is 1. The fourth-order valence-electron chi connectivity index (χ4n) is 1.73. The van der Waals surface area contributed by atoms with Crippen molar-refractivity contribution in [3.05, 3.63) is 47.6 Å². The van der Waals surface area contributed by atoms with Gasteiger partial charge >= 0.3 is 0 Å². The minimum Gasteiger partial charge on any atom is -0.343 e. The summed E-state index contributed by atoms with van der Waals surface area (Å²) in [6, 6.07) is 3.42. The van der Waals surface area contributed by atoms with Crippen LogP contribution in [0.3, 0.4) is 0 Å². The van der Waals surface area contributed by atoms with Crippen LogP contribution in [0.15, 0.2) is 29.1 Å². The van der Waals surface area contributed by atoms with Crippen LogP contribution in [0.2, 0.25) is 0 Å². The van der Waals surface area contributed by atoms with Gasteiger partial charge in [-0.15, -0.1) is 0 Å². The molecule has 0 aliphatic heterocycles. The number of rotatable bonds is 5. The van der Waals surface area contributed by atoms with Gasteiger partial charge in [-0.25, -0.2) is 8.78 Å². The second kappa shape index (κ2) is 5.68. The molecule has 1 atom stereocenters. The topological polar surface area (TPSA) is 51.0 Å². The third-order valence-corrected chi connectivity index (χ3v) is 2.64. The second-order valence-electron chi connectivity index (χ2n) is 3.91. The Hall–Kier alpha value is -1.82. The molecule has 0 saturated carbocycles. The Morgan fingerprint density at radius 2 is 2.06 bits per heavy atom. The smallest absolute Gasteiger partial charge is 0.213 e. The molecule has 1 aromatic heterocycles. The molecule has 0 aliphatic carbocycles. The van der Waals surface area contributed by atoms with E-state index in [9.17, 15) is 8.78 Å². The summed E-state index contributed by atoms with van der Waals surface area (Å²) in [5, 5.41) is 6.66. The summed E-state index contributed by atoms with van der Waals surface area (Å²) in [7, 11) is 0. The lowest BCUT2D eigenvalue weighted by Crippen LogP contribution is -2.23. The van der Waals surface area contributed by atoms with Crippen molar-refractivity contribution in [3.63, 3.8) is 0 Å². The van der Waals surface area contributed by atoms with E-state index in [0.29, 0.717) is 18.8 Å². The molecule has 0 amide bonds. The third kappa shape index (κ3) is 2.89. The van der Waals surface area contributed by atoms with Crippen LogP contribution in [0.4, 0.5) is 8.78 Å². The van der Waals surface area contributed by atoms with Crippen molar-refractivity contribution in [3.8, 4) is 0 Å². The van der Waals surface area contributed by atoms with Crippen molar-refractivity contribution in [1.82, 2.24) is 15.5 Å². The normalized spacial score (nSPS) is 12.6. The van der Waals surface area contributed by atoms with Gasteiger partial charge < -0.3 is 9.84 Å². The Labute approximate surface area is 103 Å². The molecule has 2 aromatic rings. The lowest BCUT2D eigenvalue weighted by atomic mass is 10.1. The van der Waals surface area contributed by atoms with Crippen LogP contribution in [0.25, 0.3) is 0 Å². The Morgan fingerprint density at radius 1 is 1.33 bits per heavy atom. The van der Waals surface area contributed by atoms with Crippen LogP contribution >= 0.6 is 0 Å². The maximum Gasteiger partial charge on any atom is 0.213 e. The van der Waals surface area contributed by atoms with E-state index in [4.69, 9.17) is 0 Å². The molecule has 0 spiro atoms. The summed E-state index contributed by atoms with van der Waals surface area (Å²) in [5.74, 6) is -0.534. The quantitative estimate of drug-likeness (QED) is 0.887. The van der Waals surface area contributed by atoms with Crippen molar-refractivity contribution >= 4 is 0 Å². The van der Waals surface area contributed by atoms with Crippen LogP contribution < -0.4 is 5.32 Å². The molecule has 0 aliphatic rings. The summed E-state index contributed by atoms with van der Waals surface area (Å²) in [4.78, 5) is 3.86. The lowest BCUT2D eigenvalue weighted by molar-refractivity contribution is 0.408. The molecule has 0 saturated heterocycles. The molecular weight excluding hydrogens is 240 g/mol. The van der Waals surface area contributed by atoms with Gasteiger partial charge in [-0.2, -0.15) is 4.98 Å². The SMILES string of the molecule is CC(NCCc1ncon1)c1c(F)cccc1F. The predicted octanol–water partition coefficient (Wildman–Crippen LogP) is 2.24. The van der Waals surface area contributed by atoms with E-state index in [1.165, 1.54) is 24.6 Å². The van der Waals surface area contributed by atoms with Gasteiger partial charge in [0.25, 0.3) is 0 Å². The maximum absolute atomic E-state index is 13.5. The van der Waals surface area contributed by atoms with E-state index in [0.717, 1.165) is 0 Å². The van der Waals surface area contributed by atoms with Gasteiger partial charge in [-0.1, -0.05) is 11.2 Å². The summed E-state index contributed by atoms with van der Waals surface area (Å²) in [5.41, 5.74) is 0.0469. The number of nitrogens with one attached hydrogen (secondary N) is 1. The van der Waals surface area contributed by atoms with Gasteiger partial charge in [0.1, 0.15) is 11.6 Å². The van der Waals surface area contributed by atoms with E-state index in [-0.39, 0.29) is 5.56 Å². The fraction of sp³-hybridized carbons (Fsp3) is 0.333. The second-order valence-corrected chi connectivity index (χ2v) is 3.91. The first kappa shape index (κ1) is 12.6. The third-order valence-electron chi connectivity index (χ3n) is 2.64. The number of nitrogens with zero attached hydrogens (tertiary/aromatic N) is 2. The van der Waals surface area contributed by atoms with Gasteiger partial charge in [0.15, 0.2) is 5.82 Å². The molecule has 1 unspecified atom stereocenters. The van der Waals surface area contributed by atoms with Gasteiger partial charge in [-0.3, -0.25) is 0 Å². The zero-order valence-electron chi connectivity index (χ0n) is 9.86. The Balaban J connectivity index is 1.93. The van der Waals surface area contributed by atoms with Crippen molar-refractivity contribution < 1.29 is 13.3 Å². The van der Waals surface area contributed by atoms with Crippen molar-refractivity contribution in [2.75, 3.05) is 6.54 Å². The van der Waals surface area contributed by atoms with E-state index in [1.54, 1.807) is 6.92 Å². The molecule has 4 nitrogen and oxygen atoms in total. The predicted molar refractivity (Wildman–Crippen MR) is 60.8 cm³/mol. The van der Waals surface area contributed by atoms with Gasteiger partial charge in [0, 0.05) is 24.6 Å². The fourth-order valence-corrected chi connectivity index (χ4v) is 1.73. The maximum atomic E-state index is 13.5. The van der Waals surface area contributed by atoms with Crippen LogP contribution in [-0.4, -0.2) is 16.7 Å². The Kier molecular flexibility index (Phi) is 3.99. The first-order chi connectivity index (χ1) is 8.68. The Bertz CT molecular complexity index is 482. The summed E-state index contributed by atoms with van der Waals surface area (Å²) < 4.78 is 31.5. The highest BCUT2D eigenvalue weighted by Gasteiger charge is 2.15. The minimum absolute atomic E-state index is 0.0469. The average molecular weight is 253 g/mol. The van der Waals surface area contributed by atoms with Crippen LogP contribution in [0.1, 0.15) is 24.4 Å². The molecule has 0 fully saturated rings. The van der Waals surface area contributed by atoms with Gasteiger partial charge in [0.2, 0.25) is 6.39 Å². The molecule has 1 aromatic carbocycles. The highest BCUT2D eigenvalue weighted by molar-refractivity contribution is 5.22. The van der Waals surface area contributed by atoms with Crippen LogP contribution in [0, 0.1) is 11.6 Å². The van der Waals surface area contributed by atoms with E-state index >= 15 is 0 Å². The summed E-state index contributed by atoms with van der Waals surface area (Å²) in [6.45, 7) is 2.21. The number of hydrogen-bond donors (Lipinski definition) is 1. The highest BCUT2D eigenvalue weighted by atomic mass is 19.1. The minimum atomic E-state index is -0.547. The molecular formula is C12H13F2N3O. The van der Waals surface area contributed by atoms with Crippen molar-refractivity contribution in [2.24, 2.45) is 0 Å². The number of aromatic nitrogens is 2. The first-order valence-electron chi connectivity index (χ1n) is 5.61. The molecule has 1 N–H and O–H groups in total. The summed E-state index contributed by atoms with van der Waals surface area (Å²) in [6.07, 6.45) is 1.78. The molecule has 1 heterocycles. The van der Waals surface area contributed by atoms with E-state index in [2.05, 4.69) is 20.0 Å². The molecule has 18 heavy (non-hydrogen) atoms. The average Bonchev–Trinajstić information content (AvgIpc) is 2.82. The van der Waals surface area contributed by atoms with Crippen LogP contribution in [0.5, 0.6) is 0 Å². The number of halogens is 2. The molecule has 0 bridgehead atoms. The standard InChI is InChI=1S/C12H13F2N3O/c1-8(12-9(13)3-2-4-10(12)14)15-6-5-11-16-7-18-17-11/h2-4,7-8,15H,5-6H2,1H3. The molecule has 2 rings (SSSR count). The largest absolute Gasteiger partial charge is 0.343 e. The van der Waals surface area contributed by atoms with Gasteiger partial charge in [-0.05, 0) is 19.1 Å².